The van der Waals surface area contributed by atoms with Crippen LogP contribution in [-0.2, 0) is 4.79 Å². The molecule has 3 nitrogen and oxygen atoms in total. The maximum absolute atomic E-state index is 11.1. The Balaban J connectivity index is 2.72. The summed E-state index contributed by atoms with van der Waals surface area (Å²) in [5.74, 6) is 0.412. The summed E-state index contributed by atoms with van der Waals surface area (Å²) in [4.78, 5) is 11.1. The standard InChI is InChI=1S/C13H25NO2/c1-8-5-9(10(7-14)12(15)16)6-11(8)13(2,3)4/h8-11H,5-7,14H2,1-4H3,(H,15,16). The number of hydrogen-bond acceptors (Lipinski definition) is 2. The lowest BCUT2D eigenvalue weighted by atomic mass is 9.75. The van der Waals surface area contributed by atoms with Gasteiger partial charge >= 0.3 is 5.97 Å². The quantitative estimate of drug-likeness (QED) is 0.778. The first kappa shape index (κ1) is 13.5. The van der Waals surface area contributed by atoms with E-state index in [1.807, 2.05) is 0 Å². The van der Waals surface area contributed by atoms with Crippen LogP contribution < -0.4 is 5.73 Å². The van der Waals surface area contributed by atoms with Gasteiger partial charge in [0.25, 0.3) is 0 Å². The van der Waals surface area contributed by atoms with Gasteiger partial charge in [-0.3, -0.25) is 4.79 Å². The van der Waals surface area contributed by atoms with Crippen molar-refractivity contribution in [3.8, 4) is 0 Å². The molecule has 3 N–H and O–H groups in total. The van der Waals surface area contributed by atoms with Crippen molar-refractivity contribution >= 4 is 5.97 Å². The zero-order valence-corrected chi connectivity index (χ0v) is 10.9. The lowest BCUT2D eigenvalue weighted by molar-refractivity contribution is -0.143. The number of rotatable bonds is 3. The predicted molar refractivity (Wildman–Crippen MR) is 65.0 cm³/mol. The molecule has 1 fully saturated rings. The molecular formula is C13H25NO2. The summed E-state index contributed by atoms with van der Waals surface area (Å²) in [7, 11) is 0. The summed E-state index contributed by atoms with van der Waals surface area (Å²) in [6.45, 7) is 9.24. The topological polar surface area (TPSA) is 63.3 Å². The monoisotopic (exact) mass is 227 g/mol. The number of aliphatic carboxylic acids is 1. The molecule has 94 valence electrons. The van der Waals surface area contributed by atoms with Crippen molar-refractivity contribution in [2.24, 2.45) is 34.8 Å². The molecule has 1 rings (SSSR count). The zero-order valence-electron chi connectivity index (χ0n) is 10.9. The summed E-state index contributed by atoms with van der Waals surface area (Å²) >= 11 is 0. The first-order valence-corrected chi connectivity index (χ1v) is 6.20. The van der Waals surface area contributed by atoms with E-state index in [0.29, 0.717) is 11.8 Å². The first-order valence-electron chi connectivity index (χ1n) is 6.20. The molecular weight excluding hydrogens is 202 g/mol. The molecule has 0 amide bonds. The van der Waals surface area contributed by atoms with Gasteiger partial charge in [0.1, 0.15) is 0 Å². The van der Waals surface area contributed by atoms with Gasteiger partial charge in [-0.05, 0) is 36.0 Å². The van der Waals surface area contributed by atoms with Crippen LogP contribution in [-0.4, -0.2) is 17.6 Å². The molecule has 1 aliphatic carbocycles. The van der Waals surface area contributed by atoms with Crippen molar-refractivity contribution in [1.29, 1.82) is 0 Å². The molecule has 0 bridgehead atoms. The van der Waals surface area contributed by atoms with Gasteiger partial charge in [-0.15, -0.1) is 0 Å². The third-order valence-corrected chi connectivity index (χ3v) is 4.17. The molecule has 0 radical (unpaired) electrons. The van der Waals surface area contributed by atoms with E-state index in [1.165, 1.54) is 0 Å². The Hall–Kier alpha value is -0.570. The van der Waals surface area contributed by atoms with Crippen molar-refractivity contribution < 1.29 is 9.90 Å². The zero-order chi connectivity index (χ0) is 12.5. The van der Waals surface area contributed by atoms with Gasteiger partial charge < -0.3 is 10.8 Å². The fourth-order valence-corrected chi connectivity index (χ4v) is 3.33. The van der Waals surface area contributed by atoms with Crippen molar-refractivity contribution in [1.82, 2.24) is 0 Å². The lowest BCUT2D eigenvalue weighted by Gasteiger charge is -2.30. The van der Waals surface area contributed by atoms with Gasteiger partial charge in [-0.1, -0.05) is 27.7 Å². The van der Waals surface area contributed by atoms with E-state index in [0.717, 1.165) is 12.8 Å². The Morgan fingerprint density at radius 1 is 1.44 bits per heavy atom. The molecule has 1 aliphatic rings. The van der Waals surface area contributed by atoms with Crippen molar-refractivity contribution in [2.45, 2.75) is 40.5 Å². The van der Waals surface area contributed by atoms with Crippen LogP contribution in [0.2, 0.25) is 0 Å². The second-order valence-corrected chi connectivity index (χ2v) is 6.36. The molecule has 16 heavy (non-hydrogen) atoms. The van der Waals surface area contributed by atoms with Crippen molar-refractivity contribution in [3.05, 3.63) is 0 Å². The minimum Gasteiger partial charge on any atom is -0.481 e. The molecule has 0 spiro atoms. The molecule has 3 heteroatoms. The minimum atomic E-state index is -0.728. The summed E-state index contributed by atoms with van der Waals surface area (Å²) < 4.78 is 0. The van der Waals surface area contributed by atoms with Crippen LogP contribution in [0.3, 0.4) is 0 Å². The SMILES string of the molecule is CC1CC(C(CN)C(=O)O)CC1C(C)(C)C. The number of nitrogens with two attached hydrogens (primary N) is 1. The maximum atomic E-state index is 11.1. The molecule has 1 saturated carbocycles. The van der Waals surface area contributed by atoms with E-state index in [1.54, 1.807) is 0 Å². The summed E-state index contributed by atoms with van der Waals surface area (Å²) in [6, 6.07) is 0. The third-order valence-electron chi connectivity index (χ3n) is 4.17. The molecule has 0 aliphatic heterocycles. The highest BCUT2D eigenvalue weighted by atomic mass is 16.4. The van der Waals surface area contributed by atoms with Crippen molar-refractivity contribution in [2.75, 3.05) is 6.54 Å². The van der Waals surface area contributed by atoms with E-state index in [4.69, 9.17) is 10.8 Å². The first-order chi connectivity index (χ1) is 7.27. The normalized spacial score (nSPS) is 32.7. The van der Waals surface area contributed by atoms with Crippen molar-refractivity contribution in [3.63, 3.8) is 0 Å². The van der Waals surface area contributed by atoms with Gasteiger partial charge in [0.2, 0.25) is 0 Å². The third kappa shape index (κ3) is 2.76. The van der Waals surface area contributed by atoms with Gasteiger partial charge in [0.15, 0.2) is 0 Å². The van der Waals surface area contributed by atoms with E-state index in [2.05, 4.69) is 27.7 Å². The number of carboxylic acid groups (broad SMARTS) is 1. The van der Waals surface area contributed by atoms with E-state index in [9.17, 15) is 4.79 Å². The van der Waals surface area contributed by atoms with Crippen LogP contribution in [0.5, 0.6) is 0 Å². The van der Waals surface area contributed by atoms with Crippen LogP contribution in [0, 0.1) is 29.1 Å². The maximum Gasteiger partial charge on any atom is 0.308 e. The number of hydrogen-bond donors (Lipinski definition) is 2. The van der Waals surface area contributed by atoms with E-state index in [-0.39, 0.29) is 23.8 Å². The molecule has 0 aromatic heterocycles. The summed E-state index contributed by atoms with van der Waals surface area (Å²) in [6.07, 6.45) is 2.02. The second kappa shape index (κ2) is 4.74. The van der Waals surface area contributed by atoms with E-state index < -0.39 is 5.97 Å². The smallest absolute Gasteiger partial charge is 0.308 e. The fraction of sp³-hybridized carbons (Fsp3) is 0.923. The Bertz CT molecular complexity index is 257. The van der Waals surface area contributed by atoms with Crippen LogP contribution in [0.15, 0.2) is 0 Å². The fourth-order valence-electron chi connectivity index (χ4n) is 3.33. The molecule has 4 atom stereocenters. The van der Waals surface area contributed by atoms with Gasteiger partial charge in [-0.25, -0.2) is 0 Å². The molecule has 4 unspecified atom stereocenters. The molecule has 0 aromatic rings. The Morgan fingerprint density at radius 2 is 2.00 bits per heavy atom. The van der Waals surface area contributed by atoms with Gasteiger partial charge in [-0.2, -0.15) is 0 Å². The average molecular weight is 227 g/mol. The summed E-state index contributed by atoms with van der Waals surface area (Å²) in [5, 5.41) is 9.13. The molecule has 0 saturated heterocycles. The lowest BCUT2D eigenvalue weighted by Crippen LogP contribution is -2.30. The molecule has 0 heterocycles. The van der Waals surface area contributed by atoms with Crippen LogP contribution in [0.1, 0.15) is 40.5 Å². The number of carbonyl (C=O) groups is 1. The Morgan fingerprint density at radius 3 is 2.31 bits per heavy atom. The Kier molecular flexibility index (Phi) is 4.00. The van der Waals surface area contributed by atoms with Crippen LogP contribution >= 0.6 is 0 Å². The minimum absolute atomic E-state index is 0.265. The summed E-state index contributed by atoms with van der Waals surface area (Å²) in [5.41, 5.74) is 5.84. The van der Waals surface area contributed by atoms with Crippen LogP contribution in [0.4, 0.5) is 0 Å². The predicted octanol–water partition coefficient (Wildman–Crippen LogP) is 2.35. The number of carboxylic acids is 1. The Labute approximate surface area is 98.4 Å². The largest absolute Gasteiger partial charge is 0.481 e. The second-order valence-electron chi connectivity index (χ2n) is 6.36. The van der Waals surface area contributed by atoms with Gasteiger partial charge in [0.05, 0.1) is 5.92 Å². The highest BCUT2D eigenvalue weighted by Gasteiger charge is 2.42. The van der Waals surface area contributed by atoms with Gasteiger partial charge in [0, 0.05) is 6.54 Å². The van der Waals surface area contributed by atoms with Crippen LogP contribution in [0.25, 0.3) is 0 Å². The van der Waals surface area contributed by atoms with E-state index >= 15 is 0 Å². The highest BCUT2D eigenvalue weighted by Crippen LogP contribution is 2.48. The highest BCUT2D eigenvalue weighted by molar-refractivity contribution is 5.70. The average Bonchev–Trinajstić information content (AvgIpc) is 2.47. The molecule has 0 aromatic carbocycles.